The van der Waals surface area contributed by atoms with Crippen molar-refractivity contribution in [3.63, 3.8) is 0 Å². The molecule has 6 nitrogen and oxygen atoms in total. The number of ether oxygens (including phenoxy) is 1. The summed E-state index contributed by atoms with van der Waals surface area (Å²) in [7, 11) is 1.44. The zero-order valence-electron chi connectivity index (χ0n) is 10.6. The molecule has 2 aliphatic heterocycles. The fourth-order valence-corrected chi connectivity index (χ4v) is 2.96. The summed E-state index contributed by atoms with van der Waals surface area (Å²) >= 11 is 0. The van der Waals surface area contributed by atoms with Gasteiger partial charge in [-0.15, -0.1) is 10.2 Å². The molecule has 18 heavy (non-hydrogen) atoms. The van der Waals surface area contributed by atoms with E-state index in [1.807, 2.05) is 4.57 Å². The van der Waals surface area contributed by atoms with Crippen molar-refractivity contribution >= 4 is 5.97 Å². The number of carbonyl (C=O) groups excluding carboxylic acids is 1. The van der Waals surface area contributed by atoms with Gasteiger partial charge in [0.15, 0.2) is 0 Å². The van der Waals surface area contributed by atoms with Crippen molar-refractivity contribution in [2.45, 2.75) is 37.6 Å². The number of piperidine rings is 1. The number of hydrogen-bond donors (Lipinski definition) is 1. The summed E-state index contributed by atoms with van der Waals surface area (Å²) < 4.78 is 6.89. The predicted molar refractivity (Wildman–Crippen MR) is 64.2 cm³/mol. The minimum atomic E-state index is -0.218. The van der Waals surface area contributed by atoms with Crippen molar-refractivity contribution in [2.75, 3.05) is 20.2 Å². The lowest BCUT2D eigenvalue weighted by Crippen LogP contribution is -2.29. The quantitative estimate of drug-likeness (QED) is 0.770. The highest BCUT2D eigenvalue weighted by molar-refractivity contribution is 5.74. The van der Waals surface area contributed by atoms with Gasteiger partial charge in [0.2, 0.25) is 0 Å². The molecule has 1 aromatic rings. The molecule has 0 aromatic carbocycles. The smallest absolute Gasteiger partial charge is 0.328 e. The minimum Gasteiger partial charge on any atom is -0.467 e. The molecule has 0 spiro atoms. The van der Waals surface area contributed by atoms with E-state index >= 15 is 0 Å². The van der Waals surface area contributed by atoms with Crippen LogP contribution in [-0.2, 0) is 16.0 Å². The maximum Gasteiger partial charge on any atom is 0.328 e. The number of esters is 1. The first-order chi connectivity index (χ1) is 8.81. The number of rotatable bonds is 2. The SMILES string of the molecule is COC(=O)C1CCc2nnc(C3CCNCC3)n21. The van der Waals surface area contributed by atoms with Gasteiger partial charge in [-0.3, -0.25) is 0 Å². The molecule has 0 radical (unpaired) electrons. The molecule has 1 aromatic heterocycles. The Morgan fingerprint density at radius 3 is 2.83 bits per heavy atom. The van der Waals surface area contributed by atoms with E-state index in [0.29, 0.717) is 5.92 Å². The molecule has 0 saturated carbocycles. The van der Waals surface area contributed by atoms with E-state index in [1.165, 1.54) is 7.11 Å². The molecular formula is C12H18N4O2. The molecule has 98 valence electrons. The molecule has 1 atom stereocenters. The molecule has 2 aliphatic rings. The number of hydrogen-bond acceptors (Lipinski definition) is 5. The van der Waals surface area contributed by atoms with Crippen molar-refractivity contribution in [1.29, 1.82) is 0 Å². The highest BCUT2D eigenvalue weighted by Gasteiger charge is 2.35. The van der Waals surface area contributed by atoms with Crippen LogP contribution in [0.3, 0.4) is 0 Å². The zero-order valence-corrected chi connectivity index (χ0v) is 10.6. The van der Waals surface area contributed by atoms with Gasteiger partial charge in [0.1, 0.15) is 17.7 Å². The van der Waals surface area contributed by atoms with Crippen LogP contribution in [0.25, 0.3) is 0 Å². The molecule has 0 amide bonds. The molecule has 3 heterocycles. The van der Waals surface area contributed by atoms with E-state index in [4.69, 9.17) is 4.74 Å². The number of aromatic nitrogens is 3. The van der Waals surface area contributed by atoms with Crippen LogP contribution in [0.1, 0.15) is 42.9 Å². The third kappa shape index (κ3) is 1.80. The average Bonchev–Trinajstić information content (AvgIpc) is 3.00. The fraction of sp³-hybridized carbons (Fsp3) is 0.750. The Morgan fingerprint density at radius 2 is 2.11 bits per heavy atom. The van der Waals surface area contributed by atoms with Crippen LogP contribution in [-0.4, -0.2) is 40.9 Å². The highest BCUT2D eigenvalue weighted by Crippen LogP contribution is 2.33. The van der Waals surface area contributed by atoms with E-state index in [0.717, 1.165) is 50.4 Å². The molecule has 1 unspecified atom stereocenters. The first-order valence-corrected chi connectivity index (χ1v) is 6.53. The van der Waals surface area contributed by atoms with E-state index in [-0.39, 0.29) is 12.0 Å². The van der Waals surface area contributed by atoms with Gasteiger partial charge >= 0.3 is 5.97 Å². The summed E-state index contributed by atoms with van der Waals surface area (Å²) in [5, 5.41) is 11.9. The number of nitrogens with zero attached hydrogens (tertiary/aromatic N) is 3. The highest BCUT2D eigenvalue weighted by atomic mass is 16.5. The largest absolute Gasteiger partial charge is 0.467 e. The number of methoxy groups -OCH3 is 1. The molecular weight excluding hydrogens is 232 g/mol. The topological polar surface area (TPSA) is 69.0 Å². The van der Waals surface area contributed by atoms with E-state index < -0.39 is 0 Å². The molecule has 0 bridgehead atoms. The Balaban J connectivity index is 1.91. The summed E-state index contributed by atoms with van der Waals surface area (Å²) in [6.45, 7) is 2.02. The van der Waals surface area contributed by atoms with E-state index in [9.17, 15) is 4.79 Å². The number of carbonyl (C=O) groups is 1. The molecule has 6 heteroatoms. The van der Waals surface area contributed by atoms with Crippen LogP contribution in [0, 0.1) is 0 Å². The summed E-state index contributed by atoms with van der Waals surface area (Å²) in [5.74, 6) is 2.14. The monoisotopic (exact) mass is 250 g/mol. The van der Waals surface area contributed by atoms with Crippen molar-refractivity contribution in [3.8, 4) is 0 Å². The van der Waals surface area contributed by atoms with E-state index in [1.54, 1.807) is 0 Å². The van der Waals surface area contributed by atoms with Gasteiger partial charge in [0, 0.05) is 12.3 Å². The lowest BCUT2D eigenvalue weighted by atomic mass is 9.97. The normalized spacial score (nSPS) is 23.9. The van der Waals surface area contributed by atoms with Gasteiger partial charge in [-0.05, 0) is 32.4 Å². The summed E-state index contributed by atoms with van der Waals surface area (Å²) in [6, 6.07) is -0.218. The fourth-order valence-electron chi connectivity index (χ4n) is 2.96. The summed E-state index contributed by atoms with van der Waals surface area (Å²) in [4.78, 5) is 11.8. The number of fused-ring (bicyclic) bond motifs is 1. The molecule has 3 rings (SSSR count). The van der Waals surface area contributed by atoms with Gasteiger partial charge in [-0.25, -0.2) is 4.79 Å². The lowest BCUT2D eigenvalue weighted by Gasteiger charge is -2.23. The zero-order chi connectivity index (χ0) is 12.5. The van der Waals surface area contributed by atoms with Crippen LogP contribution in [0.5, 0.6) is 0 Å². The summed E-state index contributed by atoms with van der Waals surface area (Å²) in [6.07, 6.45) is 3.73. The van der Waals surface area contributed by atoms with Crippen LogP contribution < -0.4 is 5.32 Å². The lowest BCUT2D eigenvalue weighted by molar-refractivity contribution is -0.144. The molecule has 1 N–H and O–H groups in total. The Labute approximate surface area is 106 Å². The summed E-state index contributed by atoms with van der Waals surface area (Å²) in [5.41, 5.74) is 0. The van der Waals surface area contributed by atoms with Crippen molar-refractivity contribution in [2.24, 2.45) is 0 Å². The predicted octanol–water partition coefficient (Wildman–Crippen LogP) is 0.405. The second-order valence-electron chi connectivity index (χ2n) is 4.95. The van der Waals surface area contributed by atoms with Gasteiger partial charge < -0.3 is 14.6 Å². The number of aryl methyl sites for hydroxylation is 1. The third-order valence-corrected chi connectivity index (χ3v) is 3.92. The van der Waals surface area contributed by atoms with Crippen LogP contribution in [0.15, 0.2) is 0 Å². The molecule has 0 aliphatic carbocycles. The Morgan fingerprint density at radius 1 is 1.33 bits per heavy atom. The molecule has 1 fully saturated rings. The van der Waals surface area contributed by atoms with Gasteiger partial charge in [-0.1, -0.05) is 0 Å². The van der Waals surface area contributed by atoms with E-state index in [2.05, 4.69) is 15.5 Å². The standard InChI is InChI=1S/C12H18N4O2/c1-18-12(17)9-2-3-10-14-15-11(16(9)10)8-4-6-13-7-5-8/h8-9,13H,2-7H2,1H3. The first-order valence-electron chi connectivity index (χ1n) is 6.53. The van der Waals surface area contributed by atoms with Crippen molar-refractivity contribution < 1.29 is 9.53 Å². The first kappa shape index (κ1) is 11.6. The van der Waals surface area contributed by atoms with Crippen molar-refractivity contribution in [1.82, 2.24) is 20.1 Å². The molecule has 1 saturated heterocycles. The maximum absolute atomic E-state index is 11.8. The minimum absolute atomic E-state index is 0.177. The Bertz CT molecular complexity index is 451. The van der Waals surface area contributed by atoms with Crippen molar-refractivity contribution in [3.05, 3.63) is 11.6 Å². The van der Waals surface area contributed by atoms with Crippen LogP contribution in [0.4, 0.5) is 0 Å². The number of nitrogens with one attached hydrogen (secondary N) is 1. The maximum atomic E-state index is 11.8. The van der Waals surface area contributed by atoms with Gasteiger partial charge in [0.05, 0.1) is 7.11 Å². The van der Waals surface area contributed by atoms with Gasteiger partial charge in [0.25, 0.3) is 0 Å². The van der Waals surface area contributed by atoms with Gasteiger partial charge in [-0.2, -0.15) is 0 Å². The third-order valence-electron chi connectivity index (χ3n) is 3.92. The Hall–Kier alpha value is -1.43. The second kappa shape index (κ2) is 4.68. The Kier molecular flexibility index (Phi) is 3.03. The average molecular weight is 250 g/mol. The van der Waals surface area contributed by atoms with Crippen LogP contribution >= 0.6 is 0 Å². The van der Waals surface area contributed by atoms with Crippen LogP contribution in [0.2, 0.25) is 0 Å². The second-order valence-corrected chi connectivity index (χ2v) is 4.95.